The average molecular weight is 151 g/mol. The van der Waals surface area contributed by atoms with Crippen LogP contribution in [0.2, 0.25) is 0 Å². The molecule has 2 heteroatoms. The smallest absolute Gasteiger partial charge is 0.139 e. The zero-order chi connectivity index (χ0) is 4.57. The molecule has 0 radical (unpaired) electrons. The molecule has 0 amide bonds. The predicted octanol–water partition coefficient (Wildman–Crippen LogP) is 1.52. The Balaban J connectivity index is 2.09. The minimum atomic E-state index is 0.377. The highest BCUT2D eigenvalue weighted by Crippen LogP contribution is 2.29. The van der Waals surface area contributed by atoms with Gasteiger partial charge in [-0.25, -0.2) is 0 Å². The topological polar surface area (TPSA) is 12.5 Å². The van der Waals surface area contributed by atoms with E-state index in [1.165, 1.54) is 0 Å². The van der Waals surface area contributed by atoms with Crippen LogP contribution in [0.25, 0.3) is 0 Å². The van der Waals surface area contributed by atoms with Gasteiger partial charge in [0.25, 0.3) is 0 Å². The van der Waals surface area contributed by atoms with Crippen molar-refractivity contribution in [1.82, 2.24) is 0 Å². The fourth-order valence-corrected chi connectivity index (χ4v) is 1.05. The first kappa shape index (κ1) is 4.60. The van der Waals surface area contributed by atoms with Gasteiger partial charge in [0.15, 0.2) is 0 Å². The fraction of sp³-hybridized carbons (Fsp3) is 1.00. The van der Waals surface area contributed by atoms with E-state index < -0.39 is 0 Å². The van der Waals surface area contributed by atoms with Gasteiger partial charge >= 0.3 is 0 Å². The maximum Gasteiger partial charge on any atom is 0.139 e. The van der Waals surface area contributed by atoms with Crippen LogP contribution in [-0.2, 0) is 4.74 Å². The summed E-state index contributed by atoms with van der Waals surface area (Å²) >= 11 is 3.29. The Morgan fingerprint density at radius 2 is 2.33 bits per heavy atom. The molecule has 1 rings (SSSR count). The molecule has 6 heavy (non-hydrogen) atoms. The Bertz CT molecular complexity index is 53.5. The highest BCUT2D eigenvalue weighted by molar-refractivity contribution is 9.09. The molecular formula is C4H7BrO. The third-order valence-electron chi connectivity index (χ3n) is 0.923. The quantitative estimate of drug-likeness (QED) is 0.408. The van der Waals surface area contributed by atoms with Crippen molar-refractivity contribution in [3.8, 4) is 0 Å². The van der Waals surface area contributed by atoms with E-state index in [1.807, 2.05) is 0 Å². The lowest BCUT2D eigenvalue weighted by Crippen LogP contribution is -1.78. The van der Waals surface area contributed by atoms with Crippen molar-refractivity contribution in [2.45, 2.75) is 24.5 Å². The summed E-state index contributed by atoms with van der Waals surface area (Å²) in [5, 5.41) is 0.377. The van der Waals surface area contributed by atoms with E-state index in [-0.39, 0.29) is 0 Å². The molecule has 0 saturated carbocycles. The summed E-state index contributed by atoms with van der Waals surface area (Å²) in [6, 6.07) is 0. The van der Waals surface area contributed by atoms with Crippen molar-refractivity contribution in [2.24, 2.45) is 0 Å². The molecule has 1 heterocycles. The molecule has 0 aromatic rings. The van der Waals surface area contributed by atoms with E-state index in [4.69, 9.17) is 4.74 Å². The van der Waals surface area contributed by atoms with Crippen LogP contribution < -0.4 is 0 Å². The first-order valence-electron chi connectivity index (χ1n) is 2.14. The second-order valence-corrected chi connectivity index (χ2v) is 2.34. The lowest BCUT2D eigenvalue weighted by atomic mass is 10.4. The lowest BCUT2D eigenvalue weighted by Gasteiger charge is -1.71. The van der Waals surface area contributed by atoms with Crippen molar-refractivity contribution < 1.29 is 4.74 Å². The van der Waals surface area contributed by atoms with E-state index >= 15 is 0 Å². The molecule has 1 aliphatic heterocycles. The molecule has 0 aromatic carbocycles. The van der Waals surface area contributed by atoms with Gasteiger partial charge in [-0.15, -0.1) is 0 Å². The second kappa shape index (κ2) is 1.51. The van der Waals surface area contributed by atoms with Gasteiger partial charge in [0.05, 0.1) is 6.10 Å². The van der Waals surface area contributed by atoms with Crippen LogP contribution >= 0.6 is 15.9 Å². The van der Waals surface area contributed by atoms with Crippen molar-refractivity contribution in [2.75, 3.05) is 0 Å². The van der Waals surface area contributed by atoms with Crippen molar-refractivity contribution in [3.63, 3.8) is 0 Å². The SMILES string of the molecule is CCC1OC1Br. The van der Waals surface area contributed by atoms with Gasteiger partial charge in [-0.2, -0.15) is 0 Å². The Labute approximate surface area is 45.8 Å². The number of epoxide rings is 1. The number of ether oxygens (including phenoxy) is 1. The highest BCUT2D eigenvalue weighted by atomic mass is 79.9. The van der Waals surface area contributed by atoms with Crippen molar-refractivity contribution in [3.05, 3.63) is 0 Å². The van der Waals surface area contributed by atoms with E-state index in [0.29, 0.717) is 11.1 Å². The maximum absolute atomic E-state index is 4.98. The van der Waals surface area contributed by atoms with Crippen molar-refractivity contribution >= 4 is 15.9 Å². The largest absolute Gasteiger partial charge is 0.357 e. The average Bonchev–Trinajstić information content (AvgIpc) is 2.19. The molecule has 2 atom stereocenters. The van der Waals surface area contributed by atoms with Crippen LogP contribution in [0.15, 0.2) is 0 Å². The summed E-state index contributed by atoms with van der Waals surface area (Å²) < 4.78 is 4.98. The van der Waals surface area contributed by atoms with E-state index in [2.05, 4.69) is 22.9 Å². The molecule has 1 saturated heterocycles. The predicted molar refractivity (Wildman–Crippen MR) is 27.9 cm³/mol. The molecule has 0 bridgehead atoms. The second-order valence-electron chi connectivity index (χ2n) is 1.43. The molecule has 0 aliphatic carbocycles. The van der Waals surface area contributed by atoms with Gasteiger partial charge in [0.2, 0.25) is 0 Å². The fourth-order valence-electron chi connectivity index (χ4n) is 0.403. The first-order valence-corrected chi connectivity index (χ1v) is 3.05. The van der Waals surface area contributed by atoms with Crippen LogP contribution in [0.1, 0.15) is 13.3 Å². The lowest BCUT2D eigenvalue weighted by molar-refractivity contribution is 0.397. The normalized spacial score (nSPS) is 43.0. The van der Waals surface area contributed by atoms with E-state index in [9.17, 15) is 0 Å². The van der Waals surface area contributed by atoms with Crippen LogP contribution in [0.5, 0.6) is 0 Å². The molecule has 36 valence electrons. The van der Waals surface area contributed by atoms with Gasteiger partial charge in [-0.1, -0.05) is 22.9 Å². The summed E-state index contributed by atoms with van der Waals surface area (Å²) in [6.07, 6.45) is 1.65. The summed E-state index contributed by atoms with van der Waals surface area (Å²) in [6.45, 7) is 2.12. The minimum Gasteiger partial charge on any atom is -0.357 e. The zero-order valence-electron chi connectivity index (χ0n) is 3.65. The van der Waals surface area contributed by atoms with Crippen molar-refractivity contribution in [1.29, 1.82) is 0 Å². The molecule has 1 nitrogen and oxygen atoms in total. The van der Waals surface area contributed by atoms with Crippen LogP contribution in [-0.4, -0.2) is 11.1 Å². The van der Waals surface area contributed by atoms with Crippen LogP contribution in [0, 0.1) is 0 Å². The van der Waals surface area contributed by atoms with Gasteiger partial charge in [-0.3, -0.25) is 0 Å². The Hall–Kier alpha value is 0.440. The molecule has 0 spiro atoms. The number of halogens is 1. The van der Waals surface area contributed by atoms with Gasteiger partial charge in [0, 0.05) is 0 Å². The Morgan fingerprint density at radius 3 is 2.33 bits per heavy atom. The molecule has 1 fully saturated rings. The van der Waals surface area contributed by atoms with Gasteiger partial charge < -0.3 is 4.74 Å². The van der Waals surface area contributed by atoms with Crippen LogP contribution in [0.3, 0.4) is 0 Å². The molecule has 1 aliphatic rings. The Kier molecular flexibility index (Phi) is 1.15. The number of alkyl halides is 1. The third-order valence-corrected chi connectivity index (χ3v) is 1.73. The minimum absolute atomic E-state index is 0.377. The van der Waals surface area contributed by atoms with E-state index in [1.54, 1.807) is 0 Å². The summed E-state index contributed by atoms with van der Waals surface area (Å²) in [7, 11) is 0. The molecule has 0 aromatic heterocycles. The van der Waals surface area contributed by atoms with Crippen LogP contribution in [0.4, 0.5) is 0 Å². The van der Waals surface area contributed by atoms with E-state index in [0.717, 1.165) is 6.42 Å². The number of hydrogen-bond acceptors (Lipinski definition) is 1. The monoisotopic (exact) mass is 150 g/mol. The molecule has 2 unspecified atom stereocenters. The van der Waals surface area contributed by atoms with Gasteiger partial charge in [-0.05, 0) is 6.42 Å². The first-order chi connectivity index (χ1) is 2.84. The zero-order valence-corrected chi connectivity index (χ0v) is 5.23. The number of rotatable bonds is 1. The summed E-state index contributed by atoms with van der Waals surface area (Å²) in [5.41, 5.74) is 0. The maximum atomic E-state index is 4.98. The Morgan fingerprint density at radius 1 is 1.83 bits per heavy atom. The highest BCUT2D eigenvalue weighted by Gasteiger charge is 2.33. The molecule has 0 N–H and O–H groups in total. The third kappa shape index (κ3) is 0.738. The summed E-state index contributed by atoms with van der Waals surface area (Å²) in [5.74, 6) is 0. The summed E-state index contributed by atoms with van der Waals surface area (Å²) in [4.78, 5) is 0. The number of hydrogen-bond donors (Lipinski definition) is 0. The van der Waals surface area contributed by atoms with Gasteiger partial charge in [0.1, 0.15) is 5.01 Å². The molecular weight excluding hydrogens is 144 g/mol. The standard InChI is InChI=1S/C4H7BrO/c1-2-3-4(5)6-3/h3-4H,2H2,1H3.